The highest BCUT2D eigenvalue weighted by atomic mass is 32.2. The molecule has 1 aliphatic heterocycles. The third-order valence-electron chi connectivity index (χ3n) is 6.69. The fraction of sp³-hybridized carbons (Fsp3) is 0.800. The molecule has 3 aliphatic rings. The number of hydrogen-bond acceptors (Lipinski definition) is 4. The number of hydrogen-bond donors (Lipinski definition) is 1. The highest BCUT2D eigenvalue weighted by Crippen LogP contribution is 2.34. The molecule has 2 fully saturated rings. The second kappa shape index (κ2) is 8.14. The molecule has 0 spiro atoms. The predicted molar refractivity (Wildman–Crippen MR) is 107 cm³/mol. The molecule has 1 N–H and O–H groups in total. The molecule has 4 rings (SSSR count). The molecule has 7 nitrogen and oxygen atoms in total. The number of carbonyl (C=O) groups is 1. The van der Waals surface area contributed by atoms with E-state index in [1.165, 1.54) is 60.3 Å². The Kier molecular flexibility index (Phi) is 5.78. The molecule has 1 aromatic rings. The van der Waals surface area contributed by atoms with Crippen LogP contribution in [0.1, 0.15) is 74.4 Å². The van der Waals surface area contributed by atoms with Gasteiger partial charge in [0.2, 0.25) is 15.9 Å². The van der Waals surface area contributed by atoms with Crippen molar-refractivity contribution >= 4 is 15.9 Å². The number of aromatic nitrogens is 2. The van der Waals surface area contributed by atoms with E-state index in [1.807, 2.05) is 0 Å². The maximum Gasteiger partial charge on any atom is 0.223 e. The molecule has 0 bridgehead atoms. The first-order valence-corrected chi connectivity index (χ1v) is 12.6. The minimum atomic E-state index is -3.16. The van der Waals surface area contributed by atoms with Gasteiger partial charge in [-0.3, -0.25) is 9.48 Å². The van der Waals surface area contributed by atoms with Crippen LogP contribution in [0.3, 0.4) is 0 Å². The van der Waals surface area contributed by atoms with E-state index < -0.39 is 10.0 Å². The molecule has 1 amide bonds. The van der Waals surface area contributed by atoms with E-state index in [0.29, 0.717) is 38.5 Å². The van der Waals surface area contributed by atoms with Gasteiger partial charge in [-0.2, -0.15) is 5.10 Å². The Balaban J connectivity index is 1.39. The van der Waals surface area contributed by atoms with Crippen molar-refractivity contribution in [1.29, 1.82) is 0 Å². The summed E-state index contributed by atoms with van der Waals surface area (Å²) < 4.78 is 27.0. The molecule has 8 heteroatoms. The van der Waals surface area contributed by atoms with Crippen LogP contribution in [0, 0.1) is 5.92 Å². The molecular formula is C20H32N4O3S. The Morgan fingerprint density at radius 1 is 1.07 bits per heavy atom. The molecule has 0 radical (unpaired) electrons. The first-order valence-electron chi connectivity index (χ1n) is 10.8. The second-order valence-corrected chi connectivity index (χ2v) is 10.6. The van der Waals surface area contributed by atoms with Gasteiger partial charge in [-0.1, -0.05) is 12.8 Å². The molecule has 0 unspecified atom stereocenters. The van der Waals surface area contributed by atoms with Crippen molar-refractivity contribution in [2.75, 3.05) is 19.3 Å². The van der Waals surface area contributed by atoms with Crippen LogP contribution in [-0.2, 0) is 34.2 Å². The van der Waals surface area contributed by atoms with Crippen LogP contribution in [0.5, 0.6) is 0 Å². The van der Waals surface area contributed by atoms with Crippen molar-refractivity contribution in [3.05, 3.63) is 17.0 Å². The zero-order valence-corrected chi connectivity index (χ0v) is 17.6. The molecule has 1 aromatic heterocycles. The smallest absolute Gasteiger partial charge is 0.223 e. The average molecular weight is 409 g/mol. The van der Waals surface area contributed by atoms with E-state index in [0.717, 1.165) is 18.5 Å². The normalized spacial score (nSPS) is 22.3. The van der Waals surface area contributed by atoms with E-state index in [4.69, 9.17) is 5.10 Å². The maximum atomic E-state index is 12.6. The fourth-order valence-electron chi connectivity index (χ4n) is 5.06. The topological polar surface area (TPSA) is 84.3 Å². The van der Waals surface area contributed by atoms with Crippen LogP contribution in [0.2, 0.25) is 0 Å². The summed E-state index contributed by atoms with van der Waals surface area (Å²) in [6, 6.07) is 0.539. The quantitative estimate of drug-likeness (QED) is 0.809. The van der Waals surface area contributed by atoms with Crippen LogP contribution < -0.4 is 5.32 Å². The van der Waals surface area contributed by atoms with E-state index in [1.54, 1.807) is 0 Å². The standard InChI is InChI=1S/C20H32N4O3S/c1-28(26,27)23-12-10-15(11-13-23)20(25)21-14-18-17-8-4-5-9-19(17)24(22-18)16-6-2-3-7-16/h15-16H,2-14H2,1H3,(H,21,25). The largest absolute Gasteiger partial charge is 0.350 e. The number of carbonyl (C=O) groups excluding carboxylic acids is 1. The zero-order chi connectivity index (χ0) is 19.7. The van der Waals surface area contributed by atoms with E-state index in [-0.39, 0.29) is 11.8 Å². The van der Waals surface area contributed by atoms with Gasteiger partial charge in [0.25, 0.3) is 0 Å². The SMILES string of the molecule is CS(=O)(=O)N1CCC(C(=O)NCc2nn(C3CCCC3)c3c2CCCC3)CC1. The van der Waals surface area contributed by atoms with Gasteiger partial charge >= 0.3 is 0 Å². The van der Waals surface area contributed by atoms with Gasteiger partial charge in [0, 0.05) is 24.7 Å². The number of rotatable bonds is 5. The van der Waals surface area contributed by atoms with Gasteiger partial charge in [-0.15, -0.1) is 0 Å². The molecule has 156 valence electrons. The molecule has 1 saturated carbocycles. The van der Waals surface area contributed by atoms with Crippen LogP contribution >= 0.6 is 0 Å². The molecular weight excluding hydrogens is 376 g/mol. The number of amides is 1. The van der Waals surface area contributed by atoms with Crippen molar-refractivity contribution in [1.82, 2.24) is 19.4 Å². The summed E-state index contributed by atoms with van der Waals surface area (Å²) in [5.74, 6) is -0.0705. The van der Waals surface area contributed by atoms with Gasteiger partial charge in [0.05, 0.1) is 24.5 Å². The summed E-state index contributed by atoms with van der Waals surface area (Å²) in [6.45, 7) is 1.36. The third kappa shape index (κ3) is 4.13. The molecule has 28 heavy (non-hydrogen) atoms. The van der Waals surface area contributed by atoms with Crippen LogP contribution in [-0.4, -0.2) is 47.8 Å². The Bertz CT molecular complexity index is 819. The Labute approximate surface area is 167 Å². The summed E-state index contributed by atoms with van der Waals surface area (Å²) in [4.78, 5) is 12.6. The van der Waals surface area contributed by atoms with E-state index in [9.17, 15) is 13.2 Å². The van der Waals surface area contributed by atoms with Gasteiger partial charge in [0.1, 0.15) is 0 Å². The van der Waals surface area contributed by atoms with Crippen LogP contribution in [0.4, 0.5) is 0 Å². The first-order chi connectivity index (χ1) is 13.4. The molecule has 0 atom stereocenters. The van der Waals surface area contributed by atoms with Gasteiger partial charge in [0.15, 0.2) is 0 Å². The fourth-order valence-corrected chi connectivity index (χ4v) is 5.94. The lowest BCUT2D eigenvalue weighted by Gasteiger charge is -2.29. The first kappa shape index (κ1) is 19.9. The number of piperidine rings is 1. The maximum absolute atomic E-state index is 12.6. The Hall–Kier alpha value is -1.41. The van der Waals surface area contributed by atoms with Gasteiger partial charge in [-0.05, 0) is 56.9 Å². The van der Waals surface area contributed by atoms with Crippen molar-refractivity contribution in [2.45, 2.75) is 76.8 Å². The highest BCUT2D eigenvalue weighted by Gasteiger charge is 2.30. The molecule has 2 aliphatic carbocycles. The van der Waals surface area contributed by atoms with Crippen molar-refractivity contribution < 1.29 is 13.2 Å². The summed E-state index contributed by atoms with van der Waals surface area (Å²) in [5, 5.41) is 8.04. The monoisotopic (exact) mass is 408 g/mol. The van der Waals surface area contributed by atoms with Gasteiger partial charge < -0.3 is 5.32 Å². The highest BCUT2D eigenvalue weighted by molar-refractivity contribution is 7.88. The van der Waals surface area contributed by atoms with Crippen molar-refractivity contribution in [3.63, 3.8) is 0 Å². The minimum absolute atomic E-state index is 0.0353. The Morgan fingerprint density at radius 3 is 2.43 bits per heavy atom. The summed E-state index contributed by atoms with van der Waals surface area (Å²) >= 11 is 0. The lowest BCUT2D eigenvalue weighted by Crippen LogP contribution is -2.42. The summed E-state index contributed by atoms with van der Waals surface area (Å²) in [5.41, 5.74) is 3.82. The van der Waals surface area contributed by atoms with Crippen molar-refractivity contribution in [3.8, 4) is 0 Å². The Morgan fingerprint density at radius 2 is 1.75 bits per heavy atom. The molecule has 1 saturated heterocycles. The number of fused-ring (bicyclic) bond motifs is 1. The number of sulfonamides is 1. The zero-order valence-electron chi connectivity index (χ0n) is 16.8. The number of nitrogens with zero attached hydrogens (tertiary/aromatic N) is 3. The third-order valence-corrected chi connectivity index (χ3v) is 7.99. The average Bonchev–Trinajstić information content (AvgIpc) is 3.33. The van der Waals surface area contributed by atoms with Crippen molar-refractivity contribution in [2.24, 2.45) is 5.92 Å². The van der Waals surface area contributed by atoms with Crippen LogP contribution in [0.15, 0.2) is 0 Å². The molecule has 2 heterocycles. The lowest BCUT2D eigenvalue weighted by molar-refractivity contribution is -0.126. The molecule has 0 aromatic carbocycles. The van der Waals surface area contributed by atoms with E-state index >= 15 is 0 Å². The van der Waals surface area contributed by atoms with Crippen LogP contribution in [0.25, 0.3) is 0 Å². The predicted octanol–water partition coefficient (Wildman–Crippen LogP) is 2.16. The summed E-state index contributed by atoms with van der Waals surface area (Å²) in [6.07, 6.45) is 12.0. The summed E-state index contributed by atoms with van der Waals surface area (Å²) in [7, 11) is -3.16. The van der Waals surface area contributed by atoms with Gasteiger partial charge in [-0.25, -0.2) is 12.7 Å². The number of nitrogens with one attached hydrogen (secondary N) is 1. The second-order valence-electron chi connectivity index (χ2n) is 8.62. The van der Waals surface area contributed by atoms with E-state index in [2.05, 4.69) is 10.00 Å². The lowest BCUT2D eigenvalue weighted by atomic mass is 9.95. The minimum Gasteiger partial charge on any atom is -0.350 e.